The zero-order chi connectivity index (χ0) is 12.1. The first-order valence-corrected chi connectivity index (χ1v) is 5.37. The molecule has 0 aliphatic heterocycles. The highest BCUT2D eigenvalue weighted by atomic mass is 35.5. The molecule has 0 aliphatic carbocycles. The van der Waals surface area contributed by atoms with E-state index >= 15 is 0 Å². The summed E-state index contributed by atoms with van der Waals surface area (Å²) in [5.41, 5.74) is 7.69. The highest BCUT2D eigenvalue weighted by Gasteiger charge is 2.10. The number of esters is 1. The van der Waals surface area contributed by atoms with Crippen molar-refractivity contribution in [2.24, 2.45) is 5.73 Å². The van der Waals surface area contributed by atoms with Gasteiger partial charge >= 0.3 is 5.97 Å². The Balaban J connectivity index is 2.62. The zero-order valence-corrected chi connectivity index (χ0v) is 10.1. The van der Waals surface area contributed by atoms with E-state index in [1.165, 1.54) is 7.11 Å². The topological polar surface area (TPSA) is 65.2 Å². The molecular formula is C11H15ClN2O2. The molecule has 0 aliphatic rings. The molecule has 0 fully saturated rings. The normalized spacial score (nSPS) is 12.2. The van der Waals surface area contributed by atoms with Gasteiger partial charge in [0.25, 0.3) is 0 Å². The monoisotopic (exact) mass is 242 g/mol. The van der Waals surface area contributed by atoms with E-state index < -0.39 is 0 Å². The van der Waals surface area contributed by atoms with Gasteiger partial charge in [-0.3, -0.25) is 4.79 Å². The number of carbonyl (C=O) groups is 1. The van der Waals surface area contributed by atoms with Crippen LogP contribution < -0.4 is 5.73 Å². The first kappa shape index (κ1) is 12.9. The molecule has 0 saturated carbocycles. The molecule has 1 atom stereocenters. The van der Waals surface area contributed by atoms with Gasteiger partial charge in [0.05, 0.1) is 7.11 Å². The Morgan fingerprint density at radius 1 is 1.69 bits per heavy atom. The Bertz CT molecular complexity index is 382. The lowest BCUT2D eigenvalue weighted by Crippen LogP contribution is -2.13. The minimum atomic E-state index is -0.255. The van der Waals surface area contributed by atoms with Crippen molar-refractivity contribution in [3.8, 4) is 0 Å². The largest absolute Gasteiger partial charge is 0.469 e. The number of ether oxygens (including phenoxy) is 1. The standard InChI is InChI=1S/C11H15ClN2O2/c1-7-5-8(6-14-11(7)12)9(13)3-4-10(15)16-2/h5-6,9H,3-4,13H2,1-2H3. The molecule has 2 N–H and O–H groups in total. The minimum absolute atomic E-state index is 0.220. The van der Waals surface area contributed by atoms with E-state index in [2.05, 4.69) is 9.72 Å². The summed E-state index contributed by atoms with van der Waals surface area (Å²) in [6.07, 6.45) is 2.48. The van der Waals surface area contributed by atoms with Crippen molar-refractivity contribution in [1.29, 1.82) is 0 Å². The molecule has 1 unspecified atom stereocenters. The number of pyridine rings is 1. The molecule has 1 aromatic heterocycles. The van der Waals surface area contributed by atoms with Gasteiger partial charge in [-0.05, 0) is 30.5 Å². The molecule has 0 amide bonds. The van der Waals surface area contributed by atoms with Gasteiger partial charge in [-0.15, -0.1) is 0 Å². The Kier molecular flexibility index (Phi) is 4.71. The lowest BCUT2D eigenvalue weighted by Gasteiger charge is -2.11. The third-order valence-electron chi connectivity index (χ3n) is 2.35. The van der Waals surface area contributed by atoms with Crippen LogP contribution in [0.25, 0.3) is 0 Å². The number of nitrogens with two attached hydrogens (primary N) is 1. The van der Waals surface area contributed by atoms with E-state index in [0.717, 1.165) is 11.1 Å². The lowest BCUT2D eigenvalue weighted by molar-refractivity contribution is -0.140. The second-order valence-electron chi connectivity index (χ2n) is 3.60. The van der Waals surface area contributed by atoms with Crippen molar-refractivity contribution < 1.29 is 9.53 Å². The second-order valence-corrected chi connectivity index (χ2v) is 3.96. The average Bonchev–Trinajstić information content (AvgIpc) is 2.29. The molecule has 0 spiro atoms. The van der Waals surface area contributed by atoms with Crippen LogP contribution in [0.15, 0.2) is 12.3 Å². The second kappa shape index (κ2) is 5.82. The molecule has 5 heteroatoms. The van der Waals surface area contributed by atoms with Gasteiger partial charge in [0.15, 0.2) is 0 Å². The molecule has 1 heterocycles. The number of aromatic nitrogens is 1. The van der Waals surface area contributed by atoms with Crippen molar-refractivity contribution in [1.82, 2.24) is 4.98 Å². The summed E-state index contributed by atoms with van der Waals surface area (Å²) in [5.74, 6) is -0.255. The SMILES string of the molecule is COC(=O)CCC(N)c1cnc(Cl)c(C)c1. The van der Waals surface area contributed by atoms with Gasteiger partial charge in [-0.25, -0.2) is 4.98 Å². The van der Waals surface area contributed by atoms with Crippen molar-refractivity contribution in [3.05, 3.63) is 28.5 Å². The highest BCUT2D eigenvalue weighted by molar-refractivity contribution is 6.30. The number of halogens is 1. The molecule has 88 valence electrons. The average molecular weight is 243 g/mol. The van der Waals surface area contributed by atoms with Gasteiger partial charge in [0, 0.05) is 18.7 Å². The van der Waals surface area contributed by atoms with E-state index in [-0.39, 0.29) is 12.0 Å². The molecule has 0 radical (unpaired) electrons. The quantitative estimate of drug-likeness (QED) is 0.648. The molecular weight excluding hydrogens is 228 g/mol. The number of carbonyl (C=O) groups excluding carboxylic acids is 1. The van der Waals surface area contributed by atoms with Gasteiger partial charge in [0.2, 0.25) is 0 Å². The molecule has 0 saturated heterocycles. The number of rotatable bonds is 4. The van der Waals surface area contributed by atoms with Crippen LogP contribution in [0.3, 0.4) is 0 Å². The fourth-order valence-electron chi connectivity index (χ4n) is 1.32. The molecule has 0 aromatic carbocycles. The number of hydrogen-bond donors (Lipinski definition) is 1. The Hall–Kier alpha value is -1.13. The van der Waals surface area contributed by atoms with Gasteiger partial charge in [0.1, 0.15) is 5.15 Å². The number of hydrogen-bond acceptors (Lipinski definition) is 4. The minimum Gasteiger partial charge on any atom is -0.469 e. The van der Waals surface area contributed by atoms with Crippen molar-refractivity contribution in [2.45, 2.75) is 25.8 Å². The van der Waals surface area contributed by atoms with Gasteiger partial charge < -0.3 is 10.5 Å². The third-order valence-corrected chi connectivity index (χ3v) is 2.75. The Morgan fingerprint density at radius 2 is 2.38 bits per heavy atom. The van der Waals surface area contributed by atoms with Crippen LogP contribution in [-0.2, 0) is 9.53 Å². The van der Waals surface area contributed by atoms with Crippen molar-refractivity contribution in [2.75, 3.05) is 7.11 Å². The number of methoxy groups -OCH3 is 1. The summed E-state index contributed by atoms with van der Waals surface area (Å²) in [4.78, 5) is 15.0. The summed E-state index contributed by atoms with van der Waals surface area (Å²) in [6, 6.07) is 1.67. The number of nitrogens with zero attached hydrogens (tertiary/aromatic N) is 1. The maximum Gasteiger partial charge on any atom is 0.305 e. The fourth-order valence-corrected chi connectivity index (χ4v) is 1.43. The van der Waals surface area contributed by atoms with E-state index in [9.17, 15) is 4.79 Å². The van der Waals surface area contributed by atoms with E-state index in [4.69, 9.17) is 17.3 Å². The smallest absolute Gasteiger partial charge is 0.305 e. The van der Waals surface area contributed by atoms with Crippen LogP contribution in [0.4, 0.5) is 0 Å². The summed E-state index contributed by atoms with van der Waals surface area (Å²) in [5, 5.41) is 0.476. The summed E-state index contributed by atoms with van der Waals surface area (Å²) in [6.45, 7) is 1.87. The van der Waals surface area contributed by atoms with Gasteiger partial charge in [-0.1, -0.05) is 11.6 Å². The Labute approximate surface area is 99.8 Å². The number of aryl methyl sites for hydroxylation is 1. The first-order chi connectivity index (χ1) is 7.54. The van der Waals surface area contributed by atoms with Crippen LogP contribution in [0.1, 0.15) is 30.0 Å². The molecule has 1 aromatic rings. The first-order valence-electron chi connectivity index (χ1n) is 4.99. The van der Waals surface area contributed by atoms with Crippen molar-refractivity contribution in [3.63, 3.8) is 0 Å². The van der Waals surface area contributed by atoms with Crippen LogP contribution in [0, 0.1) is 6.92 Å². The summed E-state index contributed by atoms with van der Waals surface area (Å²) < 4.78 is 4.55. The van der Waals surface area contributed by atoms with Gasteiger partial charge in [-0.2, -0.15) is 0 Å². The predicted octanol–water partition coefficient (Wildman–Crippen LogP) is 2.00. The maximum absolute atomic E-state index is 11.0. The Morgan fingerprint density at radius 3 is 2.94 bits per heavy atom. The zero-order valence-electron chi connectivity index (χ0n) is 9.37. The lowest BCUT2D eigenvalue weighted by atomic mass is 10.0. The van der Waals surface area contributed by atoms with E-state index in [1.807, 2.05) is 13.0 Å². The van der Waals surface area contributed by atoms with Crippen LogP contribution >= 0.6 is 11.6 Å². The van der Waals surface area contributed by atoms with E-state index in [1.54, 1.807) is 6.20 Å². The maximum atomic E-state index is 11.0. The van der Waals surface area contributed by atoms with Crippen molar-refractivity contribution >= 4 is 17.6 Å². The summed E-state index contributed by atoms with van der Waals surface area (Å²) in [7, 11) is 1.36. The fraction of sp³-hybridized carbons (Fsp3) is 0.455. The van der Waals surface area contributed by atoms with Crippen LogP contribution in [0.5, 0.6) is 0 Å². The molecule has 16 heavy (non-hydrogen) atoms. The highest BCUT2D eigenvalue weighted by Crippen LogP contribution is 2.19. The predicted molar refractivity (Wildman–Crippen MR) is 62.2 cm³/mol. The van der Waals surface area contributed by atoms with Crippen LogP contribution in [-0.4, -0.2) is 18.1 Å². The third kappa shape index (κ3) is 3.47. The molecule has 4 nitrogen and oxygen atoms in total. The molecule has 1 rings (SSSR count). The summed E-state index contributed by atoms with van der Waals surface area (Å²) >= 11 is 5.81. The molecule has 0 bridgehead atoms. The van der Waals surface area contributed by atoms with E-state index in [0.29, 0.717) is 18.0 Å². The van der Waals surface area contributed by atoms with Crippen LogP contribution in [0.2, 0.25) is 5.15 Å².